The van der Waals surface area contributed by atoms with Crippen LogP contribution in [0.4, 0.5) is 0 Å². The number of rotatable bonds is 11. The van der Waals surface area contributed by atoms with E-state index in [-0.39, 0.29) is 6.10 Å². The maximum absolute atomic E-state index is 5.80. The van der Waals surface area contributed by atoms with Gasteiger partial charge in [-0.05, 0) is 53.3 Å². The minimum Gasteiger partial charge on any atom is -0.476 e. The van der Waals surface area contributed by atoms with Crippen LogP contribution in [0.1, 0.15) is 41.0 Å². The normalized spacial score (nSPS) is 11.9. The van der Waals surface area contributed by atoms with E-state index in [1.165, 1.54) is 0 Å². The summed E-state index contributed by atoms with van der Waals surface area (Å²) in [4.78, 5) is 0. The van der Waals surface area contributed by atoms with E-state index in [9.17, 15) is 0 Å². The molecule has 0 heterocycles. The molecule has 7 heteroatoms. The van der Waals surface area contributed by atoms with Gasteiger partial charge in [0, 0.05) is 31.6 Å². The second kappa shape index (κ2) is 11.9. The van der Waals surface area contributed by atoms with Crippen molar-refractivity contribution >= 4 is 37.2 Å². The van der Waals surface area contributed by atoms with Crippen molar-refractivity contribution in [2.45, 2.75) is 53.2 Å². The molecule has 0 aliphatic carbocycles. The van der Waals surface area contributed by atoms with Crippen LogP contribution in [0.15, 0.2) is 0 Å². The zero-order valence-electron chi connectivity index (χ0n) is 13.3. The molecule has 0 amide bonds. The summed E-state index contributed by atoms with van der Waals surface area (Å²) < 4.78 is 23.5. The van der Waals surface area contributed by atoms with E-state index in [0.29, 0.717) is 24.2 Å². The average Bonchev–Trinajstić information content (AvgIpc) is 2.35. The molecule has 0 radical (unpaired) electrons. The molecule has 0 saturated carbocycles. The van der Waals surface area contributed by atoms with Gasteiger partial charge in [-0.15, -0.1) is 0 Å². The lowest BCUT2D eigenvalue weighted by atomic mass is 10.5. The Balaban J connectivity index is 4.15. The largest absolute Gasteiger partial charge is 0.500 e. The fraction of sp³-hybridized carbons (Fsp3) is 0.923. The molecule has 4 nitrogen and oxygen atoms in total. The van der Waals surface area contributed by atoms with E-state index in [2.05, 4.69) is 0 Å². The van der Waals surface area contributed by atoms with Gasteiger partial charge in [-0.2, -0.15) is 0 Å². The predicted octanol–water partition coefficient (Wildman–Crippen LogP) is 3.87. The van der Waals surface area contributed by atoms with Crippen LogP contribution in [0.3, 0.4) is 0 Å². The summed E-state index contributed by atoms with van der Waals surface area (Å²) in [6, 6.07) is 0.819. The number of hydrogen-bond acceptors (Lipinski definition) is 6. The molecule has 0 spiro atoms. The zero-order chi connectivity index (χ0) is 15.4. The Morgan fingerprint density at radius 2 is 1.55 bits per heavy atom. The highest BCUT2D eigenvalue weighted by Crippen LogP contribution is 2.20. The first-order valence-electron chi connectivity index (χ1n) is 7.24. The Labute approximate surface area is 134 Å². The van der Waals surface area contributed by atoms with E-state index in [4.69, 9.17) is 30.2 Å². The van der Waals surface area contributed by atoms with Crippen molar-refractivity contribution in [2.75, 3.05) is 25.6 Å². The molecule has 0 saturated heterocycles. The molecule has 0 atom stereocenters. The second-order valence-corrected chi connectivity index (χ2v) is 8.78. The molecule has 0 aromatic rings. The molecule has 0 rings (SSSR count). The summed E-state index contributed by atoms with van der Waals surface area (Å²) in [7, 11) is -2.50. The highest BCUT2D eigenvalue weighted by Gasteiger charge is 2.39. The number of thioether (sulfide) groups is 1. The molecule has 0 unspecified atom stereocenters. The third kappa shape index (κ3) is 9.31. The van der Waals surface area contributed by atoms with Crippen molar-refractivity contribution in [1.29, 1.82) is 0 Å². The van der Waals surface area contributed by atoms with Crippen LogP contribution in [0, 0.1) is 0 Å². The first kappa shape index (κ1) is 20.3. The summed E-state index contributed by atoms with van der Waals surface area (Å²) in [6.45, 7) is 11.7. The maximum atomic E-state index is 5.80. The van der Waals surface area contributed by atoms with Gasteiger partial charge in [-0.3, -0.25) is 0 Å². The van der Waals surface area contributed by atoms with Gasteiger partial charge in [-0.1, -0.05) is 11.8 Å². The van der Waals surface area contributed by atoms with Crippen molar-refractivity contribution in [3.05, 3.63) is 0 Å². The van der Waals surface area contributed by atoms with Crippen molar-refractivity contribution in [3.63, 3.8) is 0 Å². The first-order chi connectivity index (χ1) is 9.49. The Morgan fingerprint density at radius 1 is 1.05 bits per heavy atom. The van der Waals surface area contributed by atoms with E-state index in [0.717, 1.165) is 18.2 Å². The Morgan fingerprint density at radius 3 is 1.95 bits per heavy atom. The van der Waals surface area contributed by atoms with Gasteiger partial charge >= 0.3 is 8.80 Å². The van der Waals surface area contributed by atoms with Gasteiger partial charge in [0.2, 0.25) is 4.38 Å². The minimum atomic E-state index is -2.50. The van der Waals surface area contributed by atoms with Gasteiger partial charge in [0.25, 0.3) is 0 Å². The van der Waals surface area contributed by atoms with Crippen LogP contribution >= 0.6 is 24.0 Å². The molecule has 0 bridgehead atoms. The summed E-state index contributed by atoms with van der Waals surface area (Å²) in [5.74, 6) is 0.896. The van der Waals surface area contributed by atoms with Crippen molar-refractivity contribution in [3.8, 4) is 0 Å². The number of hydrogen-bond donors (Lipinski definition) is 0. The first-order valence-corrected chi connectivity index (χ1v) is 10.6. The topological polar surface area (TPSA) is 36.9 Å². The lowest BCUT2D eigenvalue weighted by molar-refractivity contribution is 0.0712. The monoisotopic (exact) mass is 340 g/mol. The highest BCUT2D eigenvalue weighted by atomic mass is 32.2. The van der Waals surface area contributed by atoms with Crippen molar-refractivity contribution in [2.24, 2.45) is 0 Å². The smallest absolute Gasteiger partial charge is 0.476 e. The SMILES string of the molecule is CCO[Si](CCCSC(=S)OC(C)C)(OCC)OCC. The van der Waals surface area contributed by atoms with Crippen LogP contribution < -0.4 is 0 Å². The van der Waals surface area contributed by atoms with Gasteiger partial charge in [0.1, 0.15) is 0 Å². The summed E-state index contributed by atoms with van der Waals surface area (Å²) >= 11 is 6.71. The average molecular weight is 341 g/mol. The van der Waals surface area contributed by atoms with Crippen LogP contribution in [0.25, 0.3) is 0 Å². The number of thiocarbonyl (C=S) groups is 1. The van der Waals surface area contributed by atoms with E-state index in [1.54, 1.807) is 11.8 Å². The van der Waals surface area contributed by atoms with Crippen molar-refractivity contribution < 1.29 is 18.0 Å². The molecule has 0 fully saturated rings. The fourth-order valence-corrected chi connectivity index (χ4v) is 5.70. The second-order valence-electron chi connectivity index (χ2n) is 4.35. The third-order valence-corrected chi connectivity index (χ3v) is 6.70. The standard InChI is InChI=1S/C13H28O4S2Si/c1-6-14-20(15-7-2,16-8-3)11-9-10-19-13(18)17-12(4)5/h12H,6-11H2,1-5H3. The molecular weight excluding hydrogens is 312 g/mol. The van der Waals surface area contributed by atoms with Gasteiger partial charge < -0.3 is 18.0 Å². The Kier molecular flexibility index (Phi) is 12.1. The molecule has 0 aliphatic heterocycles. The lowest BCUT2D eigenvalue weighted by Crippen LogP contribution is -2.46. The maximum Gasteiger partial charge on any atom is 0.500 e. The molecule has 0 aromatic carbocycles. The van der Waals surface area contributed by atoms with Crippen LogP contribution in [-0.2, 0) is 18.0 Å². The number of ether oxygens (including phenoxy) is 1. The zero-order valence-corrected chi connectivity index (χ0v) is 15.9. The summed E-state index contributed by atoms with van der Waals surface area (Å²) in [6.07, 6.45) is 1.08. The summed E-state index contributed by atoms with van der Waals surface area (Å²) in [5.41, 5.74) is 0. The summed E-state index contributed by atoms with van der Waals surface area (Å²) in [5, 5.41) is 0. The molecule has 120 valence electrons. The van der Waals surface area contributed by atoms with E-state index < -0.39 is 8.80 Å². The predicted molar refractivity (Wildman–Crippen MR) is 91.3 cm³/mol. The Bertz CT molecular complexity index is 248. The molecule has 0 aliphatic rings. The highest BCUT2D eigenvalue weighted by molar-refractivity contribution is 8.22. The van der Waals surface area contributed by atoms with Gasteiger partial charge in [0.15, 0.2) is 0 Å². The van der Waals surface area contributed by atoms with Crippen LogP contribution in [0.5, 0.6) is 0 Å². The van der Waals surface area contributed by atoms with E-state index in [1.807, 2.05) is 34.6 Å². The van der Waals surface area contributed by atoms with Crippen LogP contribution in [0.2, 0.25) is 6.04 Å². The van der Waals surface area contributed by atoms with Crippen molar-refractivity contribution in [1.82, 2.24) is 0 Å². The Hall–Kier alpha value is 0.337. The third-order valence-electron chi connectivity index (χ3n) is 2.27. The lowest BCUT2D eigenvalue weighted by Gasteiger charge is -2.28. The molecule has 0 N–H and O–H groups in total. The quantitative estimate of drug-likeness (QED) is 0.323. The molecular formula is C13H28O4S2Si. The fourth-order valence-electron chi connectivity index (χ4n) is 1.67. The molecule has 0 aromatic heterocycles. The van der Waals surface area contributed by atoms with Gasteiger partial charge in [0.05, 0.1) is 6.10 Å². The van der Waals surface area contributed by atoms with Gasteiger partial charge in [-0.25, -0.2) is 0 Å². The van der Waals surface area contributed by atoms with Crippen LogP contribution in [-0.4, -0.2) is 44.9 Å². The van der Waals surface area contributed by atoms with E-state index >= 15 is 0 Å². The molecule has 20 heavy (non-hydrogen) atoms. The minimum absolute atomic E-state index is 0.138.